The van der Waals surface area contributed by atoms with Crippen molar-refractivity contribution in [3.05, 3.63) is 12.2 Å². The van der Waals surface area contributed by atoms with Crippen LogP contribution < -0.4 is 0 Å². The van der Waals surface area contributed by atoms with E-state index in [9.17, 15) is 0 Å². The fraction of sp³-hybridized carbons (Fsp3) is 0.600. The number of hydrogen-bond donors (Lipinski definition) is 0. The lowest BCUT2D eigenvalue weighted by atomic mass is 10.3. The second kappa shape index (κ2) is 4.37. The molecule has 0 aliphatic carbocycles. The quantitative estimate of drug-likeness (QED) is 0.550. The van der Waals surface area contributed by atoms with E-state index in [1.165, 1.54) is 0 Å². The van der Waals surface area contributed by atoms with Crippen LogP contribution in [0.2, 0.25) is 0 Å². The van der Waals surface area contributed by atoms with E-state index in [0.717, 1.165) is 38.7 Å². The molecular formula is C10H16N4. The molecular weight excluding hydrogens is 176 g/mol. The maximum atomic E-state index is 4.41. The van der Waals surface area contributed by atoms with Gasteiger partial charge in [-0.1, -0.05) is 6.08 Å². The number of aliphatic imine (C=N–C) groups is 2. The highest BCUT2D eigenvalue weighted by Crippen LogP contribution is 2.02. The maximum absolute atomic E-state index is 4.41. The minimum Gasteiger partial charge on any atom is -0.339 e. The van der Waals surface area contributed by atoms with Crippen LogP contribution in [0.5, 0.6) is 0 Å². The summed E-state index contributed by atoms with van der Waals surface area (Å²) in [5, 5.41) is 0. The zero-order valence-electron chi connectivity index (χ0n) is 8.56. The van der Waals surface area contributed by atoms with Gasteiger partial charge in [0, 0.05) is 32.4 Å². The number of allylic oxidation sites excluding steroid dienone is 1. The number of guanidine groups is 1. The van der Waals surface area contributed by atoms with Gasteiger partial charge in [0.1, 0.15) is 0 Å². The minimum absolute atomic E-state index is 0.752. The lowest BCUT2D eigenvalue weighted by Crippen LogP contribution is -2.46. The molecule has 2 heterocycles. The summed E-state index contributed by atoms with van der Waals surface area (Å²) in [6.45, 7) is 5.02. The Hall–Kier alpha value is -1.16. The van der Waals surface area contributed by atoms with Crippen molar-refractivity contribution in [3.8, 4) is 0 Å². The van der Waals surface area contributed by atoms with E-state index in [4.69, 9.17) is 0 Å². The van der Waals surface area contributed by atoms with Crippen molar-refractivity contribution in [2.24, 2.45) is 9.98 Å². The first-order chi connectivity index (χ1) is 6.86. The smallest absolute Gasteiger partial charge is 0.220 e. The molecule has 0 atom stereocenters. The summed E-state index contributed by atoms with van der Waals surface area (Å²) in [5.74, 6) is 0.892. The van der Waals surface area contributed by atoms with Crippen molar-refractivity contribution in [1.29, 1.82) is 0 Å². The highest BCUT2D eigenvalue weighted by molar-refractivity contribution is 5.91. The van der Waals surface area contributed by atoms with Crippen LogP contribution in [-0.4, -0.2) is 61.7 Å². The van der Waals surface area contributed by atoms with Crippen molar-refractivity contribution in [3.63, 3.8) is 0 Å². The van der Waals surface area contributed by atoms with Crippen LogP contribution in [0.15, 0.2) is 22.1 Å². The summed E-state index contributed by atoms with van der Waals surface area (Å²) < 4.78 is 0. The highest BCUT2D eigenvalue weighted by atomic mass is 15.3. The van der Waals surface area contributed by atoms with Gasteiger partial charge < -0.3 is 9.80 Å². The molecule has 0 aromatic heterocycles. The first-order valence-electron chi connectivity index (χ1n) is 5.03. The van der Waals surface area contributed by atoms with Crippen molar-refractivity contribution in [2.75, 3.05) is 39.8 Å². The molecule has 1 fully saturated rings. The van der Waals surface area contributed by atoms with Gasteiger partial charge in [-0.05, 0) is 13.1 Å². The zero-order chi connectivity index (χ0) is 9.80. The average Bonchev–Trinajstić information content (AvgIpc) is 2.47. The first-order valence-corrected chi connectivity index (χ1v) is 5.03. The fourth-order valence-electron chi connectivity index (χ4n) is 1.59. The monoisotopic (exact) mass is 192 g/mol. The van der Waals surface area contributed by atoms with Gasteiger partial charge in [-0.3, -0.25) is 0 Å². The Balaban J connectivity index is 1.98. The molecule has 2 aliphatic heterocycles. The Kier molecular flexibility index (Phi) is 2.93. The van der Waals surface area contributed by atoms with Crippen molar-refractivity contribution in [2.45, 2.75) is 0 Å². The average molecular weight is 192 g/mol. The summed E-state index contributed by atoms with van der Waals surface area (Å²) in [6, 6.07) is 0. The molecule has 2 rings (SSSR count). The third-order valence-electron chi connectivity index (χ3n) is 2.54. The van der Waals surface area contributed by atoms with E-state index in [-0.39, 0.29) is 0 Å². The van der Waals surface area contributed by atoms with Crippen molar-refractivity contribution in [1.82, 2.24) is 9.80 Å². The Labute approximate surface area is 84.6 Å². The molecule has 4 heteroatoms. The normalized spacial score (nSPS) is 23.5. The van der Waals surface area contributed by atoms with Crippen LogP contribution >= 0.6 is 0 Å². The lowest BCUT2D eigenvalue weighted by Gasteiger charge is -2.32. The van der Waals surface area contributed by atoms with Gasteiger partial charge >= 0.3 is 0 Å². The van der Waals surface area contributed by atoms with Gasteiger partial charge in [-0.15, -0.1) is 0 Å². The number of nitrogens with zero attached hydrogens (tertiary/aromatic N) is 4. The third-order valence-corrected chi connectivity index (χ3v) is 2.54. The third kappa shape index (κ3) is 2.20. The van der Waals surface area contributed by atoms with Crippen molar-refractivity contribution < 1.29 is 0 Å². The van der Waals surface area contributed by atoms with Crippen LogP contribution in [0.3, 0.4) is 0 Å². The zero-order valence-corrected chi connectivity index (χ0v) is 8.56. The second-order valence-electron chi connectivity index (χ2n) is 3.64. The predicted molar refractivity (Wildman–Crippen MR) is 59.0 cm³/mol. The molecule has 1 saturated heterocycles. The van der Waals surface area contributed by atoms with E-state index >= 15 is 0 Å². The Bertz CT molecular complexity index is 272. The van der Waals surface area contributed by atoms with Gasteiger partial charge in [0.15, 0.2) is 0 Å². The molecule has 0 radical (unpaired) electrons. The standard InChI is InChI=1S/C10H16N4/c1-13-6-8-14(9-7-13)10-11-4-2-3-5-12-10/h2-4H,5-9H2,1H3. The molecule has 0 aromatic carbocycles. The minimum atomic E-state index is 0.752. The SMILES string of the molecule is CN1CCN(C2=NCC=CC=N2)CC1. The highest BCUT2D eigenvalue weighted by Gasteiger charge is 2.16. The lowest BCUT2D eigenvalue weighted by molar-refractivity contribution is 0.214. The maximum Gasteiger partial charge on any atom is 0.220 e. The first kappa shape index (κ1) is 9.40. The van der Waals surface area contributed by atoms with Gasteiger partial charge in [0.25, 0.3) is 0 Å². The summed E-state index contributed by atoms with van der Waals surface area (Å²) in [4.78, 5) is 13.3. The van der Waals surface area contributed by atoms with Gasteiger partial charge in [-0.2, -0.15) is 0 Å². The van der Waals surface area contributed by atoms with Crippen LogP contribution in [0.25, 0.3) is 0 Å². The number of likely N-dealkylation sites (N-methyl/N-ethyl adjacent to an activating group) is 1. The molecule has 14 heavy (non-hydrogen) atoms. The molecule has 4 nitrogen and oxygen atoms in total. The second-order valence-corrected chi connectivity index (χ2v) is 3.64. The van der Waals surface area contributed by atoms with E-state index in [1.54, 1.807) is 0 Å². The number of piperazine rings is 1. The van der Waals surface area contributed by atoms with Crippen molar-refractivity contribution >= 4 is 12.2 Å². The molecule has 76 valence electrons. The van der Waals surface area contributed by atoms with E-state index in [0.29, 0.717) is 0 Å². The van der Waals surface area contributed by atoms with Crippen LogP contribution in [-0.2, 0) is 0 Å². The molecule has 0 aromatic rings. The van der Waals surface area contributed by atoms with Crippen LogP contribution in [0, 0.1) is 0 Å². The van der Waals surface area contributed by atoms with Gasteiger partial charge in [0.05, 0.1) is 6.54 Å². The van der Waals surface area contributed by atoms with Crippen LogP contribution in [0.1, 0.15) is 0 Å². The van der Waals surface area contributed by atoms with E-state index < -0.39 is 0 Å². The Morgan fingerprint density at radius 2 is 2.00 bits per heavy atom. The van der Waals surface area contributed by atoms with E-state index in [1.807, 2.05) is 18.4 Å². The Morgan fingerprint density at radius 3 is 2.79 bits per heavy atom. The molecule has 0 amide bonds. The van der Waals surface area contributed by atoms with Crippen LogP contribution in [0.4, 0.5) is 0 Å². The summed E-state index contributed by atoms with van der Waals surface area (Å²) >= 11 is 0. The summed E-state index contributed by atoms with van der Waals surface area (Å²) in [6.07, 6.45) is 5.79. The topological polar surface area (TPSA) is 31.2 Å². The molecule has 0 unspecified atom stereocenters. The largest absolute Gasteiger partial charge is 0.339 e. The van der Waals surface area contributed by atoms with Gasteiger partial charge in [0.2, 0.25) is 5.96 Å². The van der Waals surface area contributed by atoms with Gasteiger partial charge in [-0.25, -0.2) is 9.98 Å². The molecule has 0 saturated carbocycles. The molecule has 2 aliphatic rings. The predicted octanol–water partition coefficient (Wildman–Crippen LogP) is 0.230. The molecule has 0 N–H and O–H groups in total. The fourth-order valence-corrected chi connectivity index (χ4v) is 1.59. The number of rotatable bonds is 0. The summed E-state index contributed by atoms with van der Waals surface area (Å²) in [5.41, 5.74) is 0. The Morgan fingerprint density at radius 1 is 1.21 bits per heavy atom. The molecule has 0 bridgehead atoms. The summed E-state index contributed by atoms with van der Waals surface area (Å²) in [7, 11) is 2.15. The van der Waals surface area contributed by atoms with E-state index in [2.05, 4.69) is 26.8 Å². The molecule has 0 spiro atoms. The number of hydrogen-bond acceptors (Lipinski definition) is 4.